The largest absolute Gasteiger partial charge is 0.435 e. The molecule has 2 aromatic carbocycles. The van der Waals surface area contributed by atoms with Gasteiger partial charge in [0.25, 0.3) is 0 Å². The molecule has 2 aliphatic heterocycles. The minimum atomic E-state index is -0.772. The summed E-state index contributed by atoms with van der Waals surface area (Å²) in [7, 11) is 0. The molecule has 0 N–H and O–H groups in total. The van der Waals surface area contributed by atoms with Gasteiger partial charge in [-0.3, -0.25) is 4.90 Å². The summed E-state index contributed by atoms with van der Waals surface area (Å²) in [5.41, 5.74) is 3.37. The molecule has 5 rings (SSSR count). The number of anilines is 1. The first-order chi connectivity index (χ1) is 17.0. The van der Waals surface area contributed by atoms with E-state index in [9.17, 15) is 14.0 Å². The first-order valence-electron chi connectivity index (χ1n) is 12.0. The summed E-state index contributed by atoms with van der Waals surface area (Å²) in [6, 6.07) is 13.0. The van der Waals surface area contributed by atoms with Crippen LogP contribution < -0.4 is 9.64 Å². The standard InChI is InChI=1S/C27H27F2N5O/c1-18-7-11-34(12-8-18)27-31-24-9-10-33(16-20-4-2-3-19(13-20)15-30)17-22(24)26(32-27)35-25-6-5-21(28)14-23(25)29/h2-6,13-14,18H,7-12,16-17H2,1H3. The molecule has 6 nitrogen and oxygen atoms in total. The van der Waals surface area contributed by atoms with Crippen LogP contribution in [0.15, 0.2) is 42.5 Å². The quantitative estimate of drug-likeness (QED) is 0.505. The monoisotopic (exact) mass is 475 g/mol. The normalized spacial score (nSPS) is 16.6. The number of halogens is 2. The molecule has 35 heavy (non-hydrogen) atoms. The van der Waals surface area contributed by atoms with Gasteiger partial charge in [0.1, 0.15) is 5.82 Å². The van der Waals surface area contributed by atoms with E-state index in [4.69, 9.17) is 14.7 Å². The first-order valence-corrected chi connectivity index (χ1v) is 12.0. The Morgan fingerprint density at radius 3 is 2.69 bits per heavy atom. The second kappa shape index (κ2) is 9.96. The zero-order valence-corrected chi connectivity index (χ0v) is 19.7. The molecule has 0 bridgehead atoms. The highest BCUT2D eigenvalue weighted by Gasteiger charge is 2.27. The molecule has 1 aromatic heterocycles. The van der Waals surface area contributed by atoms with Crippen molar-refractivity contribution in [3.05, 3.63) is 76.5 Å². The fourth-order valence-electron chi connectivity index (χ4n) is 4.66. The molecule has 1 saturated heterocycles. The minimum absolute atomic E-state index is 0.0654. The van der Waals surface area contributed by atoms with Crippen LogP contribution in [0.3, 0.4) is 0 Å². The maximum atomic E-state index is 14.4. The third kappa shape index (κ3) is 5.25. The molecule has 2 aliphatic rings. The Labute approximate surface area is 203 Å². The third-order valence-electron chi connectivity index (χ3n) is 6.72. The lowest BCUT2D eigenvalue weighted by molar-refractivity contribution is 0.237. The van der Waals surface area contributed by atoms with Crippen molar-refractivity contribution in [2.75, 3.05) is 24.5 Å². The smallest absolute Gasteiger partial charge is 0.229 e. The van der Waals surface area contributed by atoms with Crippen LogP contribution in [0.4, 0.5) is 14.7 Å². The minimum Gasteiger partial charge on any atom is -0.435 e. The molecule has 0 spiro atoms. The van der Waals surface area contributed by atoms with Crippen LogP contribution in [0.5, 0.6) is 11.6 Å². The number of fused-ring (bicyclic) bond motifs is 1. The van der Waals surface area contributed by atoms with E-state index in [0.717, 1.165) is 55.4 Å². The van der Waals surface area contributed by atoms with Crippen molar-refractivity contribution in [3.63, 3.8) is 0 Å². The van der Waals surface area contributed by atoms with Crippen molar-refractivity contribution in [1.29, 1.82) is 5.26 Å². The predicted octanol–water partition coefficient (Wildman–Crippen LogP) is 5.21. The summed E-state index contributed by atoms with van der Waals surface area (Å²) >= 11 is 0. The van der Waals surface area contributed by atoms with E-state index in [-0.39, 0.29) is 5.75 Å². The van der Waals surface area contributed by atoms with Gasteiger partial charge in [-0.05, 0) is 48.6 Å². The molecule has 3 aromatic rings. The van der Waals surface area contributed by atoms with Crippen LogP contribution in [0.2, 0.25) is 0 Å². The number of hydrogen-bond acceptors (Lipinski definition) is 6. The van der Waals surface area contributed by atoms with Gasteiger partial charge in [-0.25, -0.2) is 13.8 Å². The second-order valence-electron chi connectivity index (χ2n) is 9.37. The van der Waals surface area contributed by atoms with Crippen LogP contribution >= 0.6 is 0 Å². The maximum Gasteiger partial charge on any atom is 0.229 e. The Morgan fingerprint density at radius 1 is 1.09 bits per heavy atom. The third-order valence-corrected chi connectivity index (χ3v) is 6.72. The van der Waals surface area contributed by atoms with Gasteiger partial charge in [0, 0.05) is 45.2 Å². The van der Waals surface area contributed by atoms with E-state index in [2.05, 4.69) is 22.8 Å². The number of piperidine rings is 1. The van der Waals surface area contributed by atoms with Crippen molar-refractivity contribution >= 4 is 5.95 Å². The number of nitrogens with zero attached hydrogens (tertiary/aromatic N) is 5. The molecular formula is C27H27F2N5O. The van der Waals surface area contributed by atoms with Gasteiger partial charge in [0.05, 0.1) is 22.9 Å². The molecule has 8 heteroatoms. The number of aromatic nitrogens is 2. The van der Waals surface area contributed by atoms with E-state index in [1.165, 1.54) is 12.1 Å². The van der Waals surface area contributed by atoms with Crippen molar-refractivity contribution in [1.82, 2.24) is 14.9 Å². The van der Waals surface area contributed by atoms with Gasteiger partial charge in [-0.15, -0.1) is 0 Å². The van der Waals surface area contributed by atoms with E-state index in [1.54, 1.807) is 6.07 Å². The van der Waals surface area contributed by atoms with Crippen LogP contribution in [-0.2, 0) is 19.5 Å². The highest BCUT2D eigenvalue weighted by Crippen LogP contribution is 2.34. The second-order valence-corrected chi connectivity index (χ2v) is 9.37. The van der Waals surface area contributed by atoms with E-state index >= 15 is 0 Å². The number of rotatable bonds is 5. The van der Waals surface area contributed by atoms with Crippen LogP contribution in [0.1, 0.15) is 42.1 Å². The molecule has 0 unspecified atom stereocenters. The van der Waals surface area contributed by atoms with Crippen LogP contribution in [-0.4, -0.2) is 34.5 Å². The topological polar surface area (TPSA) is 65.3 Å². The summed E-state index contributed by atoms with van der Waals surface area (Å²) in [5, 5.41) is 9.21. The first kappa shape index (κ1) is 23.2. The molecule has 0 atom stereocenters. The van der Waals surface area contributed by atoms with Gasteiger partial charge < -0.3 is 9.64 Å². The number of ether oxygens (including phenoxy) is 1. The highest BCUT2D eigenvalue weighted by atomic mass is 19.1. The zero-order chi connectivity index (χ0) is 24.4. The van der Waals surface area contributed by atoms with Gasteiger partial charge in [-0.1, -0.05) is 19.1 Å². The van der Waals surface area contributed by atoms with E-state index in [1.807, 2.05) is 18.2 Å². The zero-order valence-electron chi connectivity index (χ0n) is 19.7. The summed E-state index contributed by atoms with van der Waals surface area (Å²) in [6.45, 7) is 5.96. The summed E-state index contributed by atoms with van der Waals surface area (Å²) in [6.07, 6.45) is 2.84. The number of benzene rings is 2. The molecule has 3 heterocycles. The van der Waals surface area contributed by atoms with Crippen molar-refractivity contribution in [2.45, 2.75) is 39.3 Å². The Hall–Kier alpha value is -3.57. The summed E-state index contributed by atoms with van der Waals surface area (Å²) in [4.78, 5) is 14.0. The van der Waals surface area contributed by atoms with Gasteiger partial charge in [0.2, 0.25) is 11.8 Å². The number of nitriles is 1. The molecule has 0 aliphatic carbocycles. The lowest BCUT2D eigenvalue weighted by Gasteiger charge is -2.33. The van der Waals surface area contributed by atoms with Crippen molar-refractivity contribution < 1.29 is 13.5 Å². The fourth-order valence-corrected chi connectivity index (χ4v) is 4.66. The molecule has 0 saturated carbocycles. The summed E-state index contributed by atoms with van der Waals surface area (Å²) < 4.78 is 33.9. The van der Waals surface area contributed by atoms with E-state index < -0.39 is 11.6 Å². The van der Waals surface area contributed by atoms with Crippen LogP contribution in [0.25, 0.3) is 0 Å². The lowest BCUT2D eigenvalue weighted by atomic mass is 9.99. The lowest BCUT2D eigenvalue weighted by Crippen LogP contribution is -2.36. The van der Waals surface area contributed by atoms with Crippen molar-refractivity contribution in [2.24, 2.45) is 5.92 Å². The number of hydrogen-bond donors (Lipinski definition) is 0. The van der Waals surface area contributed by atoms with Crippen molar-refractivity contribution in [3.8, 4) is 17.7 Å². The fraction of sp³-hybridized carbons (Fsp3) is 0.370. The van der Waals surface area contributed by atoms with Crippen LogP contribution in [0, 0.1) is 28.9 Å². The summed E-state index contributed by atoms with van der Waals surface area (Å²) in [5.74, 6) is 0.0819. The molecule has 0 amide bonds. The Morgan fingerprint density at radius 2 is 1.91 bits per heavy atom. The maximum absolute atomic E-state index is 14.4. The highest BCUT2D eigenvalue weighted by molar-refractivity contribution is 5.44. The Bertz CT molecular complexity index is 1270. The molecule has 0 radical (unpaired) electrons. The Kier molecular flexibility index (Phi) is 6.60. The van der Waals surface area contributed by atoms with Gasteiger partial charge in [0.15, 0.2) is 11.6 Å². The van der Waals surface area contributed by atoms with Gasteiger partial charge >= 0.3 is 0 Å². The molecule has 1 fully saturated rings. The van der Waals surface area contributed by atoms with E-state index in [0.29, 0.717) is 42.8 Å². The van der Waals surface area contributed by atoms with Gasteiger partial charge in [-0.2, -0.15) is 10.2 Å². The predicted molar refractivity (Wildman–Crippen MR) is 128 cm³/mol. The average molecular weight is 476 g/mol. The molecular weight excluding hydrogens is 448 g/mol. The average Bonchev–Trinajstić information content (AvgIpc) is 2.86. The molecule has 180 valence electrons. The Balaban J connectivity index is 1.46. The SMILES string of the molecule is CC1CCN(c2nc3c(c(Oc4ccc(F)cc4F)n2)CN(Cc2cccc(C#N)c2)CC3)CC1.